The molecule has 2 aromatic carbocycles. The largest absolute Gasteiger partial charge is 0.493 e. The van der Waals surface area contributed by atoms with E-state index in [2.05, 4.69) is 35.1 Å². The van der Waals surface area contributed by atoms with Crippen LogP contribution in [0.25, 0.3) is 0 Å². The molecular weight excluding hydrogens is 413 g/mol. The Bertz CT molecular complexity index is 735. The molecule has 0 aromatic heterocycles. The Hall–Kier alpha value is -1.23. The summed E-state index contributed by atoms with van der Waals surface area (Å²) < 4.78 is 6.57. The molecule has 0 saturated carbocycles. The van der Waals surface area contributed by atoms with Crippen molar-refractivity contribution < 1.29 is 9.53 Å². The predicted octanol–water partition coefficient (Wildman–Crippen LogP) is 6.43. The smallest absolute Gasteiger partial charge is 0.259 e. The Balaban J connectivity index is 2.21. The van der Waals surface area contributed by atoms with E-state index in [1.165, 1.54) is 0 Å². The van der Waals surface area contributed by atoms with E-state index < -0.39 is 0 Å². The fourth-order valence-corrected chi connectivity index (χ4v) is 2.71. The summed E-state index contributed by atoms with van der Waals surface area (Å²) in [6, 6.07) is 10.4. The van der Waals surface area contributed by atoms with E-state index in [1.807, 2.05) is 6.07 Å². The molecule has 24 heavy (non-hydrogen) atoms. The van der Waals surface area contributed by atoms with Gasteiger partial charge in [-0.1, -0.05) is 59.0 Å². The van der Waals surface area contributed by atoms with Gasteiger partial charge in [0, 0.05) is 4.47 Å². The zero-order valence-corrected chi connectivity index (χ0v) is 16.5. The van der Waals surface area contributed by atoms with Crippen LogP contribution in [0.1, 0.15) is 30.6 Å². The van der Waals surface area contributed by atoms with Gasteiger partial charge in [0.25, 0.3) is 5.91 Å². The summed E-state index contributed by atoms with van der Waals surface area (Å²) in [7, 11) is 0. The van der Waals surface area contributed by atoms with Crippen LogP contribution in [0, 0.1) is 5.92 Å². The molecule has 0 aliphatic rings. The highest BCUT2D eigenvalue weighted by atomic mass is 79.9. The van der Waals surface area contributed by atoms with Crippen LogP contribution in [0.3, 0.4) is 0 Å². The monoisotopic (exact) mass is 429 g/mol. The first-order chi connectivity index (χ1) is 11.4. The number of carbonyl (C=O) groups excluding carboxylic acids is 1. The van der Waals surface area contributed by atoms with Gasteiger partial charge in [-0.25, -0.2) is 0 Å². The molecule has 0 atom stereocenters. The SMILES string of the molecule is CC(C)CCOc1ccc(Br)cc1C(=O)Nc1cccc(Cl)c1Cl. The van der Waals surface area contributed by atoms with E-state index in [0.717, 1.165) is 10.9 Å². The van der Waals surface area contributed by atoms with Crippen LogP contribution >= 0.6 is 39.1 Å². The van der Waals surface area contributed by atoms with Crippen molar-refractivity contribution >= 4 is 50.7 Å². The van der Waals surface area contributed by atoms with Gasteiger partial charge in [0.2, 0.25) is 0 Å². The molecule has 6 heteroatoms. The number of benzene rings is 2. The Morgan fingerprint density at radius 1 is 1.25 bits per heavy atom. The van der Waals surface area contributed by atoms with E-state index in [4.69, 9.17) is 27.9 Å². The first kappa shape index (κ1) is 19.1. The fourth-order valence-electron chi connectivity index (χ4n) is 2.00. The molecule has 0 radical (unpaired) electrons. The van der Waals surface area contributed by atoms with Gasteiger partial charge in [-0.15, -0.1) is 0 Å². The van der Waals surface area contributed by atoms with E-state index >= 15 is 0 Å². The first-order valence-electron chi connectivity index (χ1n) is 7.56. The summed E-state index contributed by atoms with van der Waals surface area (Å²) in [6.07, 6.45) is 0.914. The normalized spacial score (nSPS) is 10.8. The minimum absolute atomic E-state index is 0.306. The minimum atomic E-state index is -0.306. The number of anilines is 1. The molecule has 2 rings (SSSR count). The molecule has 0 aliphatic carbocycles. The molecule has 0 saturated heterocycles. The molecule has 1 N–H and O–H groups in total. The Kier molecular flexibility index (Phi) is 6.96. The molecule has 0 bridgehead atoms. The lowest BCUT2D eigenvalue weighted by Crippen LogP contribution is -2.14. The van der Waals surface area contributed by atoms with Crippen LogP contribution in [0.15, 0.2) is 40.9 Å². The predicted molar refractivity (Wildman–Crippen MR) is 104 cm³/mol. The zero-order valence-electron chi connectivity index (χ0n) is 13.4. The third-order valence-electron chi connectivity index (χ3n) is 3.34. The first-order valence-corrected chi connectivity index (χ1v) is 9.11. The van der Waals surface area contributed by atoms with E-state index in [1.54, 1.807) is 30.3 Å². The highest BCUT2D eigenvalue weighted by Gasteiger charge is 2.16. The summed E-state index contributed by atoms with van der Waals surface area (Å²) in [4.78, 5) is 12.6. The Morgan fingerprint density at radius 2 is 2.00 bits per heavy atom. The van der Waals surface area contributed by atoms with Crippen molar-refractivity contribution in [1.82, 2.24) is 0 Å². The summed E-state index contributed by atoms with van der Waals surface area (Å²) >= 11 is 15.5. The van der Waals surface area contributed by atoms with Crippen LogP contribution in [0.4, 0.5) is 5.69 Å². The van der Waals surface area contributed by atoms with Crippen molar-refractivity contribution in [1.29, 1.82) is 0 Å². The van der Waals surface area contributed by atoms with E-state index in [0.29, 0.717) is 39.6 Å². The second kappa shape index (κ2) is 8.75. The van der Waals surface area contributed by atoms with Crippen LogP contribution in [-0.2, 0) is 0 Å². The van der Waals surface area contributed by atoms with E-state index in [9.17, 15) is 4.79 Å². The average Bonchev–Trinajstić information content (AvgIpc) is 2.52. The second-order valence-corrected chi connectivity index (χ2v) is 7.43. The molecule has 0 heterocycles. The Morgan fingerprint density at radius 3 is 2.71 bits per heavy atom. The van der Waals surface area contributed by atoms with Crippen molar-refractivity contribution in [2.45, 2.75) is 20.3 Å². The third-order valence-corrected chi connectivity index (χ3v) is 4.65. The summed E-state index contributed by atoms with van der Waals surface area (Å²) in [5, 5.41) is 3.47. The summed E-state index contributed by atoms with van der Waals surface area (Å²) in [5.74, 6) is 0.762. The van der Waals surface area contributed by atoms with Gasteiger partial charge in [-0.3, -0.25) is 4.79 Å². The lowest BCUT2D eigenvalue weighted by atomic mass is 10.1. The average molecular weight is 431 g/mol. The van der Waals surface area contributed by atoms with Gasteiger partial charge < -0.3 is 10.1 Å². The van der Waals surface area contributed by atoms with Crippen LogP contribution in [0.5, 0.6) is 5.75 Å². The molecule has 128 valence electrons. The quantitative estimate of drug-likeness (QED) is 0.572. The number of halogens is 3. The molecule has 0 unspecified atom stereocenters. The molecular formula is C18H18BrCl2NO2. The second-order valence-electron chi connectivity index (χ2n) is 5.73. The molecule has 3 nitrogen and oxygen atoms in total. The number of ether oxygens (including phenoxy) is 1. The van der Waals surface area contributed by atoms with Gasteiger partial charge in [0.1, 0.15) is 5.75 Å². The maximum absolute atomic E-state index is 12.6. The van der Waals surface area contributed by atoms with Gasteiger partial charge in [-0.2, -0.15) is 0 Å². The standard InChI is InChI=1S/C18H18BrCl2NO2/c1-11(2)8-9-24-16-7-6-12(19)10-13(16)18(23)22-15-5-3-4-14(20)17(15)21/h3-7,10-11H,8-9H2,1-2H3,(H,22,23). The van der Waals surface area contributed by atoms with Crippen molar-refractivity contribution in [3.8, 4) is 5.75 Å². The third kappa shape index (κ3) is 5.13. The highest BCUT2D eigenvalue weighted by Crippen LogP contribution is 2.31. The number of hydrogen-bond acceptors (Lipinski definition) is 2. The minimum Gasteiger partial charge on any atom is -0.493 e. The molecule has 0 spiro atoms. The van der Waals surface area contributed by atoms with E-state index in [-0.39, 0.29) is 5.91 Å². The number of nitrogens with one attached hydrogen (secondary N) is 1. The van der Waals surface area contributed by atoms with Gasteiger partial charge in [0.15, 0.2) is 0 Å². The lowest BCUT2D eigenvalue weighted by molar-refractivity contribution is 0.102. The maximum Gasteiger partial charge on any atom is 0.259 e. The van der Waals surface area contributed by atoms with Crippen molar-refractivity contribution in [2.24, 2.45) is 5.92 Å². The topological polar surface area (TPSA) is 38.3 Å². The summed E-state index contributed by atoms with van der Waals surface area (Å²) in [5.41, 5.74) is 0.895. The van der Waals surface area contributed by atoms with Gasteiger partial charge in [-0.05, 0) is 42.7 Å². The molecule has 0 fully saturated rings. The van der Waals surface area contributed by atoms with Crippen LogP contribution in [-0.4, -0.2) is 12.5 Å². The number of carbonyl (C=O) groups is 1. The number of rotatable bonds is 6. The number of hydrogen-bond donors (Lipinski definition) is 1. The number of amides is 1. The fraction of sp³-hybridized carbons (Fsp3) is 0.278. The van der Waals surface area contributed by atoms with Crippen LogP contribution < -0.4 is 10.1 Å². The van der Waals surface area contributed by atoms with Crippen LogP contribution in [0.2, 0.25) is 10.0 Å². The van der Waals surface area contributed by atoms with Gasteiger partial charge in [0.05, 0.1) is 27.9 Å². The zero-order chi connectivity index (χ0) is 17.7. The molecule has 0 aliphatic heterocycles. The van der Waals surface area contributed by atoms with Crippen molar-refractivity contribution in [3.05, 3.63) is 56.5 Å². The molecule has 2 aromatic rings. The maximum atomic E-state index is 12.6. The van der Waals surface area contributed by atoms with Crippen molar-refractivity contribution in [3.63, 3.8) is 0 Å². The summed E-state index contributed by atoms with van der Waals surface area (Å²) in [6.45, 7) is 4.80. The lowest BCUT2D eigenvalue weighted by Gasteiger charge is -2.14. The highest BCUT2D eigenvalue weighted by molar-refractivity contribution is 9.10. The van der Waals surface area contributed by atoms with Gasteiger partial charge >= 0.3 is 0 Å². The Labute approximate surface area is 160 Å². The molecule has 1 amide bonds. The van der Waals surface area contributed by atoms with Crippen molar-refractivity contribution in [2.75, 3.05) is 11.9 Å².